The first-order chi connectivity index (χ1) is 11.2. The van der Waals surface area contributed by atoms with Gasteiger partial charge < -0.3 is 15.0 Å². The maximum absolute atomic E-state index is 12.4. The number of urea groups is 1. The van der Waals surface area contributed by atoms with E-state index in [1.165, 1.54) is 5.56 Å². The maximum Gasteiger partial charge on any atom is 0.321 e. The molecule has 1 fully saturated rings. The number of anilines is 1. The Morgan fingerprint density at radius 1 is 1.22 bits per heavy atom. The third kappa shape index (κ3) is 3.59. The van der Waals surface area contributed by atoms with Gasteiger partial charge in [-0.05, 0) is 36.2 Å². The highest BCUT2D eigenvalue weighted by atomic mass is 35.5. The molecule has 1 aliphatic rings. The molecule has 4 nitrogen and oxygen atoms in total. The second-order valence-electron chi connectivity index (χ2n) is 5.61. The van der Waals surface area contributed by atoms with Gasteiger partial charge in [-0.3, -0.25) is 0 Å². The first-order valence-electron chi connectivity index (χ1n) is 7.62. The lowest BCUT2D eigenvalue weighted by Gasteiger charge is -2.18. The average Bonchev–Trinajstić information content (AvgIpc) is 3.07. The van der Waals surface area contributed by atoms with Crippen molar-refractivity contribution >= 4 is 23.3 Å². The molecule has 1 N–H and O–H groups in total. The molecule has 1 heterocycles. The van der Waals surface area contributed by atoms with Crippen LogP contribution in [-0.2, 0) is 0 Å². The Balaban J connectivity index is 1.62. The molecule has 3 rings (SSSR count). The van der Waals surface area contributed by atoms with Gasteiger partial charge in [-0.1, -0.05) is 35.9 Å². The Kier molecular flexibility index (Phi) is 4.72. The molecule has 5 heteroatoms. The molecule has 23 heavy (non-hydrogen) atoms. The van der Waals surface area contributed by atoms with Crippen molar-refractivity contribution in [2.75, 3.05) is 25.5 Å². The van der Waals surface area contributed by atoms with Gasteiger partial charge in [0, 0.05) is 19.0 Å². The second-order valence-corrected chi connectivity index (χ2v) is 6.02. The smallest absolute Gasteiger partial charge is 0.321 e. The molecule has 0 radical (unpaired) electrons. The zero-order chi connectivity index (χ0) is 16.2. The molecule has 1 atom stereocenters. The third-order valence-corrected chi connectivity index (χ3v) is 4.51. The van der Waals surface area contributed by atoms with Gasteiger partial charge in [-0.15, -0.1) is 0 Å². The van der Waals surface area contributed by atoms with Crippen molar-refractivity contribution in [1.29, 1.82) is 0 Å². The fraction of sp³-hybridized carbons (Fsp3) is 0.278. The minimum Gasteiger partial charge on any atom is -0.497 e. The van der Waals surface area contributed by atoms with Crippen molar-refractivity contribution in [1.82, 2.24) is 4.90 Å². The van der Waals surface area contributed by atoms with Crippen molar-refractivity contribution in [2.24, 2.45) is 0 Å². The summed E-state index contributed by atoms with van der Waals surface area (Å²) in [6.07, 6.45) is 0.961. The number of methoxy groups -OCH3 is 1. The summed E-state index contributed by atoms with van der Waals surface area (Å²) in [5.41, 5.74) is 1.88. The van der Waals surface area contributed by atoms with Gasteiger partial charge in [0.25, 0.3) is 0 Å². The van der Waals surface area contributed by atoms with E-state index in [0.29, 0.717) is 23.2 Å². The molecule has 0 bridgehead atoms. The van der Waals surface area contributed by atoms with E-state index in [1.807, 2.05) is 29.2 Å². The Morgan fingerprint density at radius 3 is 2.65 bits per heavy atom. The predicted octanol–water partition coefficient (Wildman–Crippen LogP) is 4.37. The van der Waals surface area contributed by atoms with E-state index in [4.69, 9.17) is 16.3 Å². The van der Waals surface area contributed by atoms with Crippen molar-refractivity contribution in [3.63, 3.8) is 0 Å². The normalized spacial score (nSPS) is 17.1. The molecule has 2 amide bonds. The van der Waals surface area contributed by atoms with Crippen molar-refractivity contribution in [3.05, 3.63) is 59.1 Å². The molecule has 2 aromatic carbocycles. The summed E-state index contributed by atoms with van der Waals surface area (Å²) in [4.78, 5) is 14.2. The van der Waals surface area contributed by atoms with Gasteiger partial charge in [0.2, 0.25) is 0 Å². The highest BCUT2D eigenvalue weighted by molar-refractivity contribution is 6.33. The van der Waals surface area contributed by atoms with Crippen LogP contribution in [-0.4, -0.2) is 31.1 Å². The summed E-state index contributed by atoms with van der Waals surface area (Å²) in [6, 6.07) is 15.2. The number of para-hydroxylation sites is 1. The number of nitrogens with one attached hydrogen (secondary N) is 1. The van der Waals surface area contributed by atoms with Gasteiger partial charge in [0.15, 0.2) is 0 Å². The number of carbonyl (C=O) groups is 1. The molecule has 0 aliphatic carbocycles. The van der Waals surface area contributed by atoms with Crippen molar-refractivity contribution in [2.45, 2.75) is 12.3 Å². The first kappa shape index (κ1) is 15.7. The largest absolute Gasteiger partial charge is 0.497 e. The molecule has 0 saturated carbocycles. The Labute approximate surface area is 141 Å². The van der Waals surface area contributed by atoms with E-state index in [1.54, 1.807) is 19.2 Å². The van der Waals surface area contributed by atoms with Crippen LogP contribution in [0.3, 0.4) is 0 Å². The number of hydrogen-bond donors (Lipinski definition) is 1. The molecule has 2 aromatic rings. The Hall–Kier alpha value is -2.20. The van der Waals surface area contributed by atoms with Crippen LogP contribution in [0.2, 0.25) is 5.02 Å². The van der Waals surface area contributed by atoms with Gasteiger partial charge in [0.05, 0.1) is 17.8 Å². The number of likely N-dealkylation sites (tertiary alicyclic amines) is 1. The topological polar surface area (TPSA) is 41.6 Å². The fourth-order valence-corrected chi connectivity index (χ4v) is 3.03. The van der Waals surface area contributed by atoms with E-state index in [-0.39, 0.29) is 6.03 Å². The van der Waals surface area contributed by atoms with Crippen LogP contribution in [0.4, 0.5) is 10.5 Å². The predicted molar refractivity (Wildman–Crippen MR) is 92.4 cm³/mol. The van der Waals surface area contributed by atoms with Gasteiger partial charge >= 0.3 is 6.03 Å². The number of benzene rings is 2. The molecule has 1 saturated heterocycles. The summed E-state index contributed by atoms with van der Waals surface area (Å²) < 4.78 is 5.18. The van der Waals surface area contributed by atoms with E-state index < -0.39 is 0 Å². The number of nitrogens with zero attached hydrogens (tertiary/aromatic N) is 1. The summed E-state index contributed by atoms with van der Waals surface area (Å²) in [6.45, 7) is 1.45. The lowest BCUT2D eigenvalue weighted by atomic mass is 9.98. The van der Waals surface area contributed by atoms with Gasteiger partial charge in [0.1, 0.15) is 5.75 Å². The molecule has 0 spiro atoms. The summed E-state index contributed by atoms with van der Waals surface area (Å²) in [5, 5.41) is 3.43. The Morgan fingerprint density at radius 2 is 1.96 bits per heavy atom. The minimum atomic E-state index is -0.103. The number of amides is 2. The highest BCUT2D eigenvalue weighted by Gasteiger charge is 2.27. The van der Waals surface area contributed by atoms with Crippen LogP contribution in [0.1, 0.15) is 17.9 Å². The second kappa shape index (κ2) is 6.92. The first-order valence-corrected chi connectivity index (χ1v) is 7.99. The number of ether oxygens (including phenoxy) is 1. The van der Waals surface area contributed by atoms with Crippen molar-refractivity contribution in [3.8, 4) is 5.75 Å². The number of halogens is 1. The monoisotopic (exact) mass is 330 g/mol. The standard InChI is InChI=1S/C18H19ClN2O2/c1-23-15-8-6-13(7-9-15)14-10-11-21(12-14)18(22)20-17-5-3-2-4-16(17)19/h2-9,14H,10-12H2,1H3,(H,20,22). The van der Waals surface area contributed by atoms with E-state index in [9.17, 15) is 4.79 Å². The Bertz CT molecular complexity index is 688. The van der Waals surface area contributed by atoms with Crippen LogP contribution >= 0.6 is 11.6 Å². The van der Waals surface area contributed by atoms with E-state index in [2.05, 4.69) is 17.4 Å². The van der Waals surface area contributed by atoms with Crippen LogP contribution in [0.15, 0.2) is 48.5 Å². The maximum atomic E-state index is 12.4. The SMILES string of the molecule is COc1ccc(C2CCN(C(=O)Nc3ccccc3Cl)C2)cc1. The minimum absolute atomic E-state index is 0.103. The van der Waals surface area contributed by atoms with Gasteiger partial charge in [-0.2, -0.15) is 0 Å². The molecular weight excluding hydrogens is 312 g/mol. The zero-order valence-electron chi connectivity index (χ0n) is 13.0. The molecule has 1 aliphatic heterocycles. The summed E-state index contributed by atoms with van der Waals surface area (Å²) in [7, 11) is 1.66. The number of carbonyl (C=O) groups excluding carboxylic acids is 1. The average molecular weight is 331 g/mol. The molecule has 1 unspecified atom stereocenters. The molecule has 0 aromatic heterocycles. The van der Waals surface area contributed by atoms with Crippen LogP contribution in [0.25, 0.3) is 0 Å². The number of rotatable bonds is 3. The lowest BCUT2D eigenvalue weighted by molar-refractivity contribution is 0.222. The number of hydrogen-bond acceptors (Lipinski definition) is 2. The third-order valence-electron chi connectivity index (χ3n) is 4.18. The quantitative estimate of drug-likeness (QED) is 0.908. The highest BCUT2D eigenvalue weighted by Crippen LogP contribution is 2.29. The van der Waals surface area contributed by atoms with E-state index in [0.717, 1.165) is 18.7 Å². The molecule has 120 valence electrons. The van der Waals surface area contributed by atoms with Crippen LogP contribution < -0.4 is 10.1 Å². The van der Waals surface area contributed by atoms with Gasteiger partial charge in [-0.25, -0.2) is 4.79 Å². The lowest BCUT2D eigenvalue weighted by Crippen LogP contribution is -2.32. The zero-order valence-corrected chi connectivity index (χ0v) is 13.7. The molecular formula is C18H19ClN2O2. The van der Waals surface area contributed by atoms with Crippen molar-refractivity contribution < 1.29 is 9.53 Å². The van der Waals surface area contributed by atoms with Crippen LogP contribution in [0.5, 0.6) is 5.75 Å². The summed E-state index contributed by atoms with van der Waals surface area (Å²) in [5.74, 6) is 1.21. The van der Waals surface area contributed by atoms with E-state index >= 15 is 0 Å². The fourth-order valence-electron chi connectivity index (χ4n) is 2.85. The van der Waals surface area contributed by atoms with Crippen LogP contribution in [0, 0.1) is 0 Å². The summed E-state index contributed by atoms with van der Waals surface area (Å²) >= 11 is 6.08.